The number of nitro groups is 1. The van der Waals surface area contributed by atoms with Crippen LogP contribution >= 0.6 is 11.6 Å². The third-order valence-corrected chi connectivity index (χ3v) is 2.87. The minimum atomic E-state index is -0.576. The van der Waals surface area contributed by atoms with E-state index in [0.717, 1.165) is 6.07 Å². The van der Waals surface area contributed by atoms with Gasteiger partial charge in [0.25, 0.3) is 11.6 Å². The van der Waals surface area contributed by atoms with Crippen molar-refractivity contribution in [1.29, 1.82) is 5.26 Å². The predicted molar refractivity (Wildman–Crippen MR) is 69.9 cm³/mol. The second kappa shape index (κ2) is 6.71. The maximum Gasteiger partial charge on any atom is 0.270 e. The molecule has 1 rings (SSSR count). The lowest BCUT2D eigenvalue weighted by Gasteiger charge is -2.19. The standard InChI is InChI=1S/C12H12ClN3O3/c1-2-15(7-3-6-14)12(17)10-5-4-9(16(18)19)8-11(10)13/h4-5,8H,2-3,7H2,1H3. The fraction of sp³-hybridized carbons (Fsp3) is 0.333. The molecule has 19 heavy (non-hydrogen) atoms. The Morgan fingerprint density at radius 1 is 1.58 bits per heavy atom. The largest absolute Gasteiger partial charge is 0.338 e. The minimum Gasteiger partial charge on any atom is -0.338 e. The first-order chi connectivity index (χ1) is 9.01. The number of carbonyl (C=O) groups is 1. The number of nitro benzene ring substituents is 1. The van der Waals surface area contributed by atoms with Gasteiger partial charge < -0.3 is 4.90 Å². The number of nitrogens with zero attached hydrogens (tertiary/aromatic N) is 3. The second-order valence-electron chi connectivity index (χ2n) is 3.71. The van der Waals surface area contributed by atoms with E-state index in [9.17, 15) is 14.9 Å². The number of benzene rings is 1. The molecule has 0 aliphatic heterocycles. The van der Waals surface area contributed by atoms with Gasteiger partial charge in [0.2, 0.25) is 0 Å². The zero-order valence-corrected chi connectivity index (χ0v) is 11.1. The van der Waals surface area contributed by atoms with Gasteiger partial charge >= 0.3 is 0 Å². The lowest BCUT2D eigenvalue weighted by molar-refractivity contribution is -0.384. The number of nitriles is 1. The number of hydrogen-bond acceptors (Lipinski definition) is 4. The first-order valence-electron chi connectivity index (χ1n) is 5.61. The van der Waals surface area contributed by atoms with Crippen LogP contribution < -0.4 is 0 Å². The molecule has 0 spiro atoms. The molecule has 0 saturated heterocycles. The summed E-state index contributed by atoms with van der Waals surface area (Å²) < 4.78 is 0. The molecule has 7 heteroatoms. The average molecular weight is 282 g/mol. The Morgan fingerprint density at radius 3 is 2.74 bits per heavy atom. The number of rotatable bonds is 5. The summed E-state index contributed by atoms with van der Waals surface area (Å²) in [4.78, 5) is 23.6. The van der Waals surface area contributed by atoms with E-state index in [4.69, 9.17) is 16.9 Å². The molecule has 1 aromatic carbocycles. The molecule has 0 aromatic heterocycles. The second-order valence-corrected chi connectivity index (χ2v) is 4.12. The molecule has 100 valence electrons. The van der Waals surface area contributed by atoms with Gasteiger partial charge in [-0.25, -0.2) is 0 Å². The Labute approximate surface area is 115 Å². The van der Waals surface area contributed by atoms with Gasteiger partial charge in [-0.1, -0.05) is 11.6 Å². The number of halogens is 1. The van der Waals surface area contributed by atoms with Crippen molar-refractivity contribution in [3.63, 3.8) is 0 Å². The van der Waals surface area contributed by atoms with Crippen LogP contribution in [0.3, 0.4) is 0 Å². The molecule has 0 N–H and O–H groups in total. The maximum absolute atomic E-state index is 12.1. The Morgan fingerprint density at radius 2 is 2.26 bits per heavy atom. The molecule has 6 nitrogen and oxygen atoms in total. The highest BCUT2D eigenvalue weighted by atomic mass is 35.5. The first kappa shape index (κ1) is 14.9. The van der Waals surface area contributed by atoms with E-state index in [1.54, 1.807) is 6.92 Å². The Hall–Kier alpha value is -2.13. The molecule has 0 atom stereocenters. The Balaban J connectivity index is 2.99. The minimum absolute atomic E-state index is 0.0367. The fourth-order valence-corrected chi connectivity index (χ4v) is 1.81. The van der Waals surface area contributed by atoms with Crippen molar-refractivity contribution < 1.29 is 9.72 Å². The maximum atomic E-state index is 12.1. The average Bonchev–Trinajstić information content (AvgIpc) is 2.39. The third-order valence-electron chi connectivity index (χ3n) is 2.56. The Kier molecular flexibility index (Phi) is 5.27. The van der Waals surface area contributed by atoms with Crippen molar-refractivity contribution >= 4 is 23.2 Å². The van der Waals surface area contributed by atoms with E-state index >= 15 is 0 Å². The highest BCUT2D eigenvalue weighted by molar-refractivity contribution is 6.34. The summed E-state index contributed by atoms with van der Waals surface area (Å²) in [7, 11) is 0. The van der Waals surface area contributed by atoms with Crippen LogP contribution in [0.5, 0.6) is 0 Å². The van der Waals surface area contributed by atoms with Crippen LogP contribution in [0.2, 0.25) is 5.02 Å². The summed E-state index contributed by atoms with van der Waals surface area (Å²) in [5.41, 5.74) is 0.0358. The van der Waals surface area contributed by atoms with Crippen LogP contribution in [-0.2, 0) is 0 Å². The lowest BCUT2D eigenvalue weighted by Crippen LogP contribution is -2.31. The van der Waals surface area contributed by atoms with Gasteiger partial charge in [-0.3, -0.25) is 14.9 Å². The van der Waals surface area contributed by atoms with Crippen molar-refractivity contribution in [3.8, 4) is 6.07 Å². The van der Waals surface area contributed by atoms with E-state index < -0.39 is 4.92 Å². The van der Waals surface area contributed by atoms with E-state index in [-0.39, 0.29) is 28.6 Å². The zero-order chi connectivity index (χ0) is 14.4. The molecule has 1 aromatic rings. The zero-order valence-electron chi connectivity index (χ0n) is 10.3. The molecule has 0 radical (unpaired) electrons. The molecule has 0 unspecified atom stereocenters. The lowest BCUT2D eigenvalue weighted by atomic mass is 10.1. The number of carbonyl (C=O) groups excluding carboxylic acids is 1. The van der Waals surface area contributed by atoms with Crippen molar-refractivity contribution in [1.82, 2.24) is 4.90 Å². The van der Waals surface area contributed by atoms with E-state index in [0.29, 0.717) is 13.1 Å². The van der Waals surface area contributed by atoms with Crippen LogP contribution in [0.25, 0.3) is 0 Å². The molecule has 0 aliphatic carbocycles. The van der Waals surface area contributed by atoms with Gasteiger partial charge in [-0.2, -0.15) is 5.26 Å². The first-order valence-corrected chi connectivity index (χ1v) is 5.99. The van der Waals surface area contributed by atoms with Gasteiger partial charge in [0.1, 0.15) is 0 Å². The monoisotopic (exact) mass is 281 g/mol. The van der Waals surface area contributed by atoms with E-state index in [2.05, 4.69) is 0 Å². The Bertz CT molecular complexity index is 540. The van der Waals surface area contributed by atoms with Gasteiger partial charge in [0.05, 0.1) is 28.0 Å². The molecule has 0 fully saturated rings. The quantitative estimate of drug-likeness (QED) is 0.613. The summed E-state index contributed by atoms with van der Waals surface area (Å²) in [6.07, 6.45) is 0.226. The highest BCUT2D eigenvalue weighted by Gasteiger charge is 2.19. The van der Waals surface area contributed by atoms with Gasteiger partial charge in [0.15, 0.2) is 0 Å². The molecular formula is C12H12ClN3O3. The summed E-state index contributed by atoms with van der Waals surface area (Å²) in [6, 6.07) is 5.67. The van der Waals surface area contributed by atoms with E-state index in [1.807, 2.05) is 6.07 Å². The van der Waals surface area contributed by atoms with Crippen LogP contribution in [0, 0.1) is 21.4 Å². The van der Waals surface area contributed by atoms with Gasteiger partial charge in [0, 0.05) is 25.2 Å². The smallest absolute Gasteiger partial charge is 0.270 e. The van der Waals surface area contributed by atoms with Crippen molar-refractivity contribution in [3.05, 3.63) is 38.9 Å². The summed E-state index contributed by atoms with van der Waals surface area (Å²) >= 11 is 5.89. The van der Waals surface area contributed by atoms with Crippen LogP contribution in [-0.4, -0.2) is 28.8 Å². The van der Waals surface area contributed by atoms with Crippen LogP contribution in [0.1, 0.15) is 23.7 Å². The molecule has 0 saturated carbocycles. The van der Waals surface area contributed by atoms with Gasteiger partial charge in [-0.15, -0.1) is 0 Å². The molecule has 0 aliphatic rings. The van der Waals surface area contributed by atoms with Crippen LogP contribution in [0.15, 0.2) is 18.2 Å². The van der Waals surface area contributed by atoms with Gasteiger partial charge in [-0.05, 0) is 13.0 Å². The molecular weight excluding hydrogens is 270 g/mol. The number of amides is 1. The van der Waals surface area contributed by atoms with Crippen molar-refractivity contribution in [2.75, 3.05) is 13.1 Å². The SMILES string of the molecule is CCN(CCC#N)C(=O)c1ccc([N+](=O)[O-])cc1Cl. The summed E-state index contributed by atoms with van der Waals surface area (Å²) in [6.45, 7) is 2.53. The number of hydrogen-bond donors (Lipinski definition) is 0. The fourth-order valence-electron chi connectivity index (χ4n) is 1.55. The highest BCUT2D eigenvalue weighted by Crippen LogP contribution is 2.23. The predicted octanol–water partition coefficient (Wildman–Crippen LogP) is 2.62. The number of non-ortho nitro benzene ring substituents is 1. The third kappa shape index (κ3) is 3.66. The van der Waals surface area contributed by atoms with Crippen LogP contribution in [0.4, 0.5) is 5.69 Å². The summed E-state index contributed by atoms with van der Waals surface area (Å²) in [5, 5.41) is 19.1. The molecule has 0 bridgehead atoms. The van der Waals surface area contributed by atoms with Crippen molar-refractivity contribution in [2.45, 2.75) is 13.3 Å². The molecule has 0 heterocycles. The van der Waals surface area contributed by atoms with Crippen molar-refractivity contribution in [2.24, 2.45) is 0 Å². The molecule has 1 amide bonds. The normalized spacial score (nSPS) is 9.74. The van der Waals surface area contributed by atoms with E-state index in [1.165, 1.54) is 17.0 Å². The topological polar surface area (TPSA) is 87.2 Å². The summed E-state index contributed by atoms with van der Waals surface area (Å²) in [5.74, 6) is -0.336.